The molecular weight excluding hydrogens is 244 g/mol. The predicted octanol–water partition coefficient (Wildman–Crippen LogP) is 1.07. The molecule has 1 unspecified atom stereocenters. The lowest BCUT2D eigenvalue weighted by atomic mass is 10.1. The Kier molecular flexibility index (Phi) is 5.63. The van der Waals surface area contributed by atoms with Gasteiger partial charge in [-0.25, -0.2) is 0 Å². The Morgan fingerprint density at radius 3 is 2.95 bits per heavy atom. The first-order valence-electron chi connectivity index (χ1n) is 7.42. The number of likely N-dealkylation sites (tertiary alicyclic amines) is 1. The number of nitrogens with zero attached hydrogens (tertiary/aromatic N) is 1. The van der Waals surface area contributed by atoms with E-state index in [-0.39, 0.29) is 18.4 Å². The lowest BCUT2D eigenvalue weighted by Crippen LogP contribution is -2.38. The summed E-state index contributed by atoms with van der Waals surface area (Å²) >= 11 is 0. The molecule has 0 aromatic heterocycles. The summed E-state index contributed by atoms with van der Waals surface area (Å²) < 4.78 is 5.55. The molecule has 2 aliphatic rings. The number of hydrogen-bond donors (Lipinski definition) is 1. The summed E-state index contributed by atoms with van der Waals surface area (Å²) in [5.41, 5.74) is 0. The largest absolute Gasteiger partial charge is 0.378 e. The SMILES string of the molecule is O=C(CN1CCCC1=O)NCCCCC1CCCO1. The van der Waals surface area contributed by atoms with E-state index in [9.17, 15) is 9.59 Å². The third kappa shape index (κ3) is 4.82. The smallest absolute Gasteiger partial charge is 0.239 e. The first-order valence-corrected chi connectivity index (χ1v) is 7.42. The van der Waals surface area contributed by atoms with E-state index < -0.39 is 0 Å². The number of amides is 2. The van der Waals surface area contributed by atoms with Gasteiger partial charge in [-0.1, -0.05) is 0 Å². The fraction of sp³-hybridized carbons (Fsp3) is 0.857. The van der Waals surface area contributed by atoms with Gasteiger partial charge in [0.2, 0.25) is 11.8 Å². The molecule has 19 heavy (non-hydrogen) atoms. The average Bonchev–Trinajstić information content (AvgIpc) is 3.02. The zero-order valence-electron chi connectivity index (χ0n) is 11.5. The van der Waals surface area contributed by atoms with Crippen molar-refractivity contribution in [1.29, 1.82) is 0 Å². The van der Waals surface area contributed by atoms with Crippen LogP contribution in [0.2, 0.25) is 0 Å². The van der Waals surface area contributed by atoms with Gasteiger partial charge in [0, 0.05) is 26.1 Å². The summed E-state index contributed by atoms with van der Waals surface area (Å²) in [6, 6.07) is 0. The molecule has 0 saturated carbocycles. The fourth-order valence-corrected chi connectivity index (χ4v) is 2.70. The second-order valence-electron chi connectivity index (χ2n) is 5.40. The molecule has 0 aromatic carbocycles. The number of carbonyl (C=O) groups is 2. The van der Waals surface area contributed by atoms with Crippen LogP contribution >= 0.6 is 0 Å². The number of hydrogen-bond acceptors (Lipinski definition) is 3. The van der Waals surface area contributed by atoms with Gasteiger partial charge in [-0.2, -0.15) is 0 Å². The minimum Gasteiger partial charge on any atom is -0.378 e. The normalized spacial score (nSPS) is 23.1. The van der Waals surface area contributed by atoms with Crippen LogP contribution in [0.5, 0.6) is 0 Å². The van der Waals surface area contributed by atoms with Crippen molar-refractivity contribution >= 4 is 11.8 Å². The van der Waals surface area contributed by atoms with Gasteiger partial charge in [-0.05, 0) is 38.5 Å². The molecule has 1 N–H and O–H groups in total. The highest BCUT2D eigenvalue weighted by molar-refractivity contribution is 5.85. The van der Waals surface area contributed by atoms with Crippen molar-refractivity contribution < 1.29 is 14.3 Å². The quantitative estimate of drug-likeness (QED) is 0.703. The molecule has 5 heteroatoms. The van der Waals surface area contributed by atoms with Crippen LogP contribution in [0.4, 0.5) is 0 Å². The number of carbonyl (C=O) groups excluding carboxylic acids is 2. The minimum atomic E-state index is -0.0348. The van der Waals surface area contributed by atoms with E-state index in [1.54, 1.807) is 4.90 Å². The zero-order valence-corrected chi connectivity index (χ0v) is 11.5. The van der Waals surface area contributed by atoms with Crippen molar-refractivity contribution in [3.05, 3.63) is 0 Å². The Labute approximate surface area is 114 Å². The topological polar surface area (TPSA) is 58.6 Å². The number of ether oxygens (including phenoxy) is 1. The van der Waals surface area contributed by atoms with Crippen molar-refractivity contribution in [3.8, 4) is 0 Å². The van der Waals surface area contributed by atoms with Gasteiger partial charge < -0.3 is 15.0 Å². The zero-order chi connectivity index (χ0) is 13.5. The summed E-state index contributed by atoms with van der Waals surface area (Å²) in [7, 11) is 0. The van der Waals surface area contributed by atoms with E-state index >= 15 is 0 Å². The molecule has 2 heterocycles. The predicted molar refractivity (Wildman–Crippen MR) is 71.6 cm³/mol. The fourth-order valence-electron chi connectivity index (χ4n) is 2.70. The highest BCUT2D eigenvalue weighted by atomic mass is 16.5. The van der Waals surface area contributed by atoms with Crippen LogP contribution in [0.25, 0.3) is 0 Å². The van der Waals surface area contributed by atoms with Crippen molar-refractivity contribution in [2.24, 2.45) is 0 Å². The van der Waals surface area contributed by atoms with Crippen molar-refractivity contribution in [2.45, 2.75) is 51.0 Å². The van der Waals surface area contributed by atoms with E-state index in [1.165, 1.54) is 12.8 Å². The van der Waals surface area contributed by atoms with Gasteiger partial charge in [0.05, 0.1) is 12.6 Å². The Morgan fingerprint density at radius 2 is 2.26 bits per heavy atom. The molecule has 2 saturated heterocycles. The summed E-state index contributed by atoms with van der Waals surface area (Å²) in [5.74, 6) is 0.0703. The molecule has 0 bridgehead atoms. The second-order valence-corrected chi connectivity index (χ2v) is 5.40. The summed E-state index contributed by atoms with van der Waals surface area (Å²) in [4.78, 5) is 24.6. The highest BCUT2D eigenvalue weighted by Crippen LogP contribution is 2.17. The van der Waals surface area contributed by atoms with Crippen LogP contribution in [-0.2, 0) is 14.3 Å². The molecule has 1 atom stereocenters. The maximum Gasteiger partial charge on any atom is 0.239 e. The molecule has 0 radical (unpaired) electrons. The first-order chi connectivity index (χ1) is 9.25. The lowest BCUT2D eigenvalue weighted by Gasteiger charge is -2.15. The van der Waals surface area contributed by atoms with E-state index in [4.69, 9.17) is 4.74 Å². The van der Waals surface area contributed by atoms with Gasteiger partial charge in [-0.15, -0.1) is 0 Å². The maximum atomic E-state index is 11.6. The molecule has 108 valence electrons. The molecule has 2 rings (SSSR count). The van der Waals surface area contributed by atoms with Crippen LogP contribution in [0.1, 0.15) is 44.9 Å². The summed E-state index contributed by atoms with van der Waals surface area (Å²) in [6.45, 7) is 2.56. The molecule has 2 amide bonds. The maximum absolute atomic E-state index is 11.6. The van der Waals surface area contributed by atoms with E-state index in [0.717, 1.165) is 38.8 Å². The van der Waals surface area contributed by atoms with Gasteiger partial charge in [0.25, 0.3) is 0 Å². The van der Waals surface area contributed by atoms with Gasteiger partial charge in [0.1, 0.15) is 0 Å². The minimum absolute atomic E-state index is 0.0348. The third-order valence-electron chi connectivity index (χ3n) is 3.80. The average molecular weight is 268 g/mol. The third-order valence-corrected chi connectivity index (χ3v) is 3.80. The number of nitrogens with one attached hydrogen (secondary N) is 1. The number of rotatable bonds is 7. The summed E-state index contributed by atoms with van der Waals surface area (Å²) in [6.07, 6.45) is 7.46. The van der Waals surface area contributed by atoms with Gasteiger partial charge >= 0.3 is 0 Å². The van der Waals surface area contributed by atoms with Crippen LogP contribution in [0, 0.1) is 0 Å². The molecule has 0 aromatic rings. The van der Waals surface area contributed by atoms with E-state index in [0.29, 0.717) is 19.1 Å². The molecular formula is C14H24N2O3. The Hall–Kier alpha value is -1.10. The van der Waals surface area contributed by atoms with Gasteiger partial charge in [-0.3, -0.25) is 9.59 Å². The molecule has 0 spiro atoms. The lowest BCUT2D eigenvalue weighted by molar-refractivity contribution is -0.133. The van der Waals surface area contributed by atoms with Crippen molar-refractivity contribution in [2.75, 3.05) is 26.2 Å². The van der Waals surface area contributed by atoms with Crippen molar-refractivity contribution in [3.63, 3.8) is 0 Å². The standard InChI is InChI=1S/C14H24N2O3/c17-13(11-16-9-3-7-14(16)18)15-8-2-1-5-12-6-4-10-19-12/h12H,1-11H2,(H,15,17). The van der Waals surface area contributed by atoms with Crippen LogP contribution < -0.4 is 5.32 Å². The van der Waals surface area contributed by atoms with E-state index in [2.05, 4.69) is 5.32 Å². The molecule has 2 aliphatic heterocycles. The monoisotopic (exact) mass is 268 g/mol. The van der Waals surface area contributed by atoms with Crippen molar-refractivity contribution in [1.82, 2.24) is 10.2 Å². The highest BCUT2D eigenvalue weighted by Gasteiger charge is 2.22. The van der Waals surface area contributed by atoms with E-state index in [1.807, 2.05) is 0 Å². The van der Waals surface area contributed by atoms with Crippen LogP contribution in [0.15, 0.2) is 0 Å². The Morgan fingerprint density at radius 1 is 1.37 bits per heavy atom. The van der Waals surface area contributed by atoms with Crippen LogP contribution in [0.3, 0.4) is 0 Å². The molecule has 0 aliphatic carbocycles. The number of unbranched alkanes of at least 4 members (excludes halogenated alkanes) is 1. The van der Waals surface area contributed by atoms with Crippen LogP contribution in [-0.4, -0.2) is 49.1 Å². The molecule has 2 fully saturated rings. The van der Waals surface area contributed by atoms with Gasteiger partial charge in [0.15, 0.2) is 0 Å². The summed E-state index contributed by atoms with van der Waals surface area (Å²) in [5, 5.41) is 2.88. The Bertz CT molecular complexity index is 314. The Balaban J connectivity index is 1.48. The second kappa shape index (κ2) is 7.48. The first kappa shape index (κ1) is 14.3. The molecule has 5 nitrogen and oxygen atoms in total.